The van der Waals surface area contributed by atoms with E-state index in [1.165, 1.54) is 16.7 Å². The standard InChI is InChI=1S/C31H34O3/c1-29(2,3)16-10-19-25-20(11-16)33-22-13-18(31(7,8)9)15-24-27(22)28(25)26-21(32-19)12-17(30(4,5)6)14-23(26)34-24/h10-15,28H,1-9H3. The Balaban J connectivity index is 1.69. The van der Waals surface area contributed by atoms with Gasteiger partial charge < -0.3 is 14.2 Å². The van der Waals surface area contributed by atoms with E-state index in [9.17, 15) is 0 Å². The highest BCUT2D eigenvalue weighted by Crippen LogP contribution is 2.64. The van der Waals surface area contributed by atoms with Crippen molar-refractivity contribution in [1.82, 2.24) is 0 Å². The molecule has 3 heterocycles. The molecule has 3 aromatic rings. The zero-order chi connectivity index (χ0) is 24.4. The summed E-state index contributed by atoms with van der Waals surface area (Å²) in [5.41, 5.74) is 6.91. The molecule has 0 N–H and O–H groups in total. The van der Waals surface area contributed by atoms with Gasteiger partial charge in [0.05, 0.1) is 5.92 Å². The summed E-state index contributed by atoms with van der Waals surface area (Å²) in [5.74, 6) is 5.44. The molecule has 0 saturated carbocycles. The van der Waals surface area contributed by atoms with Gasteiger partial charge in [-0.2, -0.15) is 0 Å². The van der Waals surface area contributed by atoms with Crippen LogP contribution in [0, 0.1) is 0 Å². The Morgan fingerprint density at radius 1 is 0.412 bits per heavy atom. The Labute approximate surface area is 203 Å². The van der Waals surface area contributed by atoms with E-state index in [1.807, 2.05) is 0 Å². The fraction of sp³-hybridized carbons (Fsp3) is 0.419. The zero-order valence-electron chi connectivity index (χ0n) is 21.8. The summed E-state index contributed by atoms with van der Waals surface area (Å²) >= 11 is 0. The van der Waals surface area contributed by atoms with Crippen molar-refractivity contribution in [3.63, 3.8) is 0 Å². The van der Waals surface area contributed by atoms with Crippen molar-refractivity contribution < 1.29 is 14.2 Å². The van der Waals surface area contributed by atoms with Gasteiger partial charge in [0.2, 0.25) is 0 Å². The van der Waals surface area contributed by atoms with Crippen LogP contribution in [0.1, 0.15) is 102 Å². The molecule has 3 aromatic carbocycles. The lowest BCUT2D eigenvalue weighted by Crippen LogP contribution is -2.24. The van der Waals surface area contributed by atoms with Gasteiger partial charge in [-0.25, -0.2) is 0 Å². The van der Waals surface area contributed by atoms with Crippen LogP contribution >= 0.6 is 0 Å². The second-order valence-corrected chi connectivity index (χ2v) is 13.1. The van der Waals surface area contributed by atoms with E-state index in [-0.39, 0.29) is 22.2 Å². The third-order valence-electron chi connectivity index (χ3n) is 7.44. The molecule has 0 bridgehead atoms. The van der Waals surface area contributed by atoms with E-state index in [4.69, 9.17) is 14.2 Å². The molecule has 3 aliphatic rings. The van der Waals surface area contributed by atoms with E-state index in [2.05, 4.69) is 98.7 Å². The van der Waals surface area contributed by atoms with Crippen LogP contribution in [0.3, 0.4) is 0 Å². The molecule has 3 heteroatoms. The Kier molecular flexibility index (Phi) is 4.05. The molecule has 0 unspecified atom stereocenters. The average Bonchev–Trinajstić information content (AvgIpc) is 2.70. The first-order valence-electron chi connectivity index (χ1n) is 12.3. The number of hydrogen-bond donors (Lipinski definition) is 0. The second-order valence-electron chi connectivity index (χ2n) is 13.1. The van der Waals surface area contributed by atoms with Gasteiger partial charge in [0.1, 0.15) is 34.5 Å². The summed E-state index contributed by atoms with van der Waals surface area (Å²) in [4.78, 5) is 0. The van der Waals surface area contributed by atoms with Crippen LogP contribution < -0.4 is 14.2 Å². The minimum absolute atomic E-state index is 0.0225. The van der Waals surface area contributed by atoms with E-state index >= 15 is 0 Å². The molecule has 34 heavy (non-hydrogen) atoms. The van der Waals surface area contributed by atoms with Crippen molar-refractivity contribution in [2.45, 2.75) is 84.5 Å². The number of rotatable bonds is 0. The van der Waals surface area contributed by atoms with Crippen LogP contribution in [0.5, 0.6) is 34.5 Å². The second kappa shape index (κ2) is 6.38. The SMILES string of the molecule is CC(C)(C)c1cc2c3c(c1)Oc1cc(C(C)(C)C)cc4c1C3c1c(cc(C(C)(C)C)cc1O4)O2. The maximum absolute atomic E-state index is 6.64. The zero-order valence-corrected chi connectivity index (χ0v) is 21.8. The van der Waals surface area contributed by atoms with Crippen molar-refractivity contribution in [3.05, 3.63) is 69.8 Å². The van der Waals surface area contributed by atoms with Gasteiger partial charge in [0.25, 0.3) is 0 Å². The molecule has 0 aliphatic carbocycles. The predicted molar refractivity (Wildman–Crippen MR) is 137 cm³/mol. The van der Waals surface area contributed by atoms with Gasteiger partial charge in [0.15, 0.2) is 0 Å². The Hall–Kier alpha value is -2.94. The van der Waals surface area contributed by atoms with Crippen LogP contribution in [-0.2, 0) is 16.2 Å². The van der Waals surface area contributed by atoms with Crippen molar-refractivity contribution in [1.29, 1.82) is 0 Å². The fourth-order valence-corrected chi connectivity index (χ4v) is 5.25. The summed E-state index contributed by atoms with van der Waals surface area (Å²) in [5, 5.41) is 0. The lowest BCUT2D eigenvalue weighted by Gasteiger charge is -2.41. The lowest BCUT2D eigenvalue weighted by atomic mass is 9.74. The molecule has 0 spiro atoms. The molecular weight excluding hydrogens is 420 g/mol. The summed E-state index contributed by atoms with van der Waals surface area (Å²) in [6.07, 6.45) is 0. The van der Waals surface area contributed by atoms with Crippen LogP contribution in [0.4, 0.5) is 0 Å². The van der Waals surface area contributed by atoms with Crippen molar-refractivity contribution in [3.8, 4) is 34.5 Å². The largest absolute Gasteiger partial charge is 0.456 e. The highest BCUT2D eigenvalue weighted by atomic mass is 16.5. The third-order valence-corrected chi connectivity index (χ3v) is 7.44. The lowest BCUT2D eigenvalue weighted by molar-refractivity contribution is 0.367. The Bertz CT molecular complexity index is 1130. The van der Waals surface area contributed by atoms with Gasteiger partial charge in [-0.3, -0.25) is 0 Å². The fourth-order valence-electron chi connectivity index (χ4n) is 5.25. The van der Waals surface area contributed by atoms with Crippen LogP contribution in [-0.4, -0.2) is 0 Å². The molecule has 0 aromatic heterocycles. The van der Waals surface area contributed by atoms with Crippen molar-refractivity contribution in [2.75, 3.05) is 0 Å². The monoisotopic (exact) mass is 454 g/mol. The van der Waals surface area contributed by atoms with E-state index in [0.717, 1.165) is 51.2 Å². The number of hydrogen-bond acceptors (Lipinski definition) is 3. The summed E-state index contributed by atoms with van der Waals surface area (Å²) in [7, 11) is 0. The van der Waals surface area contributed by atoms with Gasteiger partial charge in [-0.15, -0.1) is 0 Å². The topological polar surface area (TPSA) is 27.7 Å². The number of benzene rings is 3. The summed E-state index contributed by atoms with van der Waals surface area (Å²) in [6, 6.07) is 13.2. The van der Waals surface area contributed by atoms with Crippen molar-refractivity contribution in [2.24, 2.45) is 0 Å². The number of ether oxygens (including phenoxy) is 3. The van der Waals surface area contributed by atoms with Crippen LogP contribution in [0.15, 0.2) is 36.4 Å². The quantitative estimate of drug-likeness (QED) is 0.229. The maximum Gasteiger partial charge on any atom is 0.135 e. The van der Waals surface area contributed by atoms with Gasteiger partial charge in [-0.05, 0) is 69.3 Å². The molecule has 3 nitrogen and oxygen atoms in total. The third kappa shape index (κ3) is 3.02. The Morgan fingerprint density at radius 2 is 0.618 bits per heavy atom. The van der Waals surface area contributed by atoms with E-state index in [0.29, 0.717) is 0 Å². The minimum atomic E-state index is -0.0225. The molecule has 0 amide bonds. The maximum atomic E-state index is 6.64. The first kappa shape index (κ1) is 21.6. The smallest absolute Gasteiger partial charge is 0.135 e. The highest BCUT2D eigenvalue weighted by Gasteiger charge is 2.45. The Morgan fingerprint density at radius 3 is 0.794 bits per heavy atom. The summed E-state index contributed by atoms with van der Waals surface area (Å²) in [6.45, 7) is 20.1. The molecule has 0 atom stereocenters. The molecule has 0 fully saturated rings. The molecule has 0 saturated heterocycles. The van der Waals surface area contributed by atoms with Crippen LogP contribution in [0.25, 0.3) is 0 Å². The highest BCUT2D eigenvalue weighted by molar-refractivity contribution is 5.76. The molecule has 176 valence electrons. The van der Waals surface area contributed by atoms with Gasteiger partial charge in [0, 0.05) is 16.7 Å². The van der Waals surface area contributed by atoms with E-state index in [1.54, 1.807) is 0 Å². The average molecular weight is 455 g/mol. The van der Waals surface area contributed by atoms with Gasteiger partial charge >= 0.3 is 0 Å². The molecule has 0 radical (unpaired) electrons. The summed E-state index contributed by atoms with van der Waals surface area (Å²) < 4.78 is 19.9. The van der Waals surface area contributed by atoms with Crippen LogP contribution in [0.2, 0.25) is 0 Å². The molecular formula is C31H34O3. The first-order valence-corrected chi connectivity index (χ1v) is 12.3. The first-order chi connectivity index (χ1) is 15.7. The van der Waals surface area contributed by atoms with E-state index < -0.39 is 0 Å². The van der Waals surface area contributed by atoms with Crippen molar-refractivity contribution >= 4 is 0 Å². The molecule has 6 rings (SSSR count). The predicted octanol–water partition coefficient (Wildman–Crippen LogP) is 9.08. The van der Waals surface area contributed by atoms with Gasteiger partial charge in [-0.1, -0.05) is 62.3 Å². The minimum Gasteiger partial charge on any atom is -0.456 e. The molecule has 3 aliphatic heterocycles. The normalized spacial score (nSPS) is 15.8.